The zero-order chi connectivity index (χ0) is 21.1. The summed E-state index contributed by atoms with van der Waals surface area (Å²) < 4.78 is 1.41. The van der Waals surface area contributed by atoms with Crippen molar-refractivity contribution in [2.24, 2.45) is 10.2 Å². The van der Waals surface area contributed by atoms with Crippen LogP contribution >= 0.6 is 0 Å². The van der Waals surface area contributed by atoms with E-state index in [0.29, 0.717) is 22.9 Å². The highest BCUT2D eigenvalue weighted by molar-refractivity contribution is 6.03. The van der Waals surface area contributed by atoms with E-state index in [2.05, 4.69) is 10.2 Å². The Bertz CT molecular complexity index is 1130. The number of rotatable bonds is 5. The van der Waals surface area contributed by atoms with E-state index in [1.54, 1.807) is 25.1 Å². The maximum atomic E-state index is 12.4. The van der Waals surface area contributed by atoms with Gasteiger partial charge in [0.15, 0.2) is 0 Å². The Balaban J connectivity index is 1.86. The molecule has 0 saturated carbocycles. The van der Waals surface area contributed by atoms with E-state index < -0.39 is 11.8 Å². The number of hydrogen-bond donors (Lipinski definition) is 2. The van der Waals surface area contributed by atoms with E-state index in [-0.39, 0.29) is 17.3 Å². The number of unbranched alkanes of at least 4 members (excludes halogenated alkanes) is 1. The van der Waals surface area contributed by atoms with Crippen LogP contribution in [0, 0.1) is 13.8 Å². The third-order valence-electron chi connectivity index (χ3n) is 4.84. The van der Waals surface area contributed by atoms with Gasteiger partial charge in [0.2, 0.25) is 11.8 Å². The lowest BCUT2D eigenvalue weighted by Crippen LogP contribution is -2.00. The highest BCUT2D eigenvalue weighted by Crippen LogP contribution is 2.37. The summed E-state index contributed by atoms with van der Waals surface area (Å²) in [4.78, 5) is 24.6. The number of benzene rings is 2. The standard InChI is InChI=1S/C22H23N3O4/c1-4-5-10-25-21(28)17-9-7-15(12-18(17)22(25)29)19(26)23-24-20(27)16-8-6-13(2)11-14(16)3/h6-9,11-12,28-29H,4-5,10H2,1-3H3. The van der Waals surface area contributed by atoms with Crippen LogP contribution in [0.25, 0.3) is 10.8 Å². The molecule has 0 fully saturated rings. The maximum absolute atomic E-state index is 12.4. The number of azo groups is 1. The molecule has 7 nitrogen and oxygen atoms in total. The quantitative estimate of drug-likeness (QED) is 0.601. The predicted molar refractivity (Wildman–Crippen MR) is 110 cm³/mol. The third-order valence-corrected chi connectivity index (χ3v) is 4.84. The van der Waals surface area contributed by atoms with Crippen LogP contribution in [0.1, 0.15) is 51.6 Å². The zero-order valence-corrected chi connectivity index (χ0v) is 16.6. The van der Waals surface area contributed by atoms with Crippen molar-refractivity contribution in [1.82, 2.24) is 4.57 Å². The second-order valence-corrected chi connectivity index (χ2v) is 7.04. The number of amides is 2. The van der Waals surface area contributed by atoms with Gasteiger partial charge in [0, 0.05) is 28.4 Å². The smallest absolute Gasteiger partial charge is 0.295 e. The molecule has 29 heavy (non-hydrogen) atoms. The van der Waals surface area contributed by atoms with Crippen LogP contribution in [-0.4, -0.2) is 26.6 Å². The van der Waals surface area contributed by atoms with Crippen molar-refractivity contribution in [2.75, 3.05) is 0 Å². The van der Waals surface area contributed by atoms with Crippen molar-refractivity contribution in [1.29, 1.82) is 0 Å². The topological polar surface area (TPSA) is 104 Å². The number of carbonyl (C=O) groups is 2. The van der Waals surface area contributed by atoms with Crippen molar-refractivity contribution >= 4 is 22.6 Å². The molecule has 2 amide bonds. The molecular formula is C22H23N3O4. The lowest BCUT2D eigenvalue weighted by Gasteiger charge is -2.04. The Morgan fingerprint density at radius 3 is 2.31 bits per heavy atom. The van der Waals surface area contributed by atoms with Crippen LogP contribution in [0.15, 0.2) is 46.6 Å². The number of fused-ring (bicyclic) bond motifs is 1. The van der Waals surface area contributed by atoms with Crippen LogP contribution in [0.3, 0.4) is 0 Å². The lowest BCUT2D eigenvalue weighted by atomic mass is 10.1. The fourth-order valence-electron chi connectivity index (χ4n) is 3.23. The molecule has 2 N–H and O–H groups in total. The summed E-state index contributed by atoms with van der Waals surface area (Å²) in [6, 6.07) is 9.77. The largest absolute Gasteiger partial charge is 0.494 e. The highest BCUT2D eigenvalue weighted by Gasteiger charge is 2.18. The van der Waals surface area contributed by atoms with E-state index in [0.717, 1.165) is 24.0 Å². The average Bonchev–Trinajstić information content (AvgIpc) is 2.94. The molecular weight excluding hydrogens is 370 g/mol. The number of aromatic hydroxyl groups is 2. The molecule has 150 valence electrons. The van der Waals surface area contributed by atoms with Gasteiger partial charge in [-0.2, -0.15) is 0 Å². The molecule has 1 aromatic heterocycles. The van der Waals surface area contributed by atoms with E-state index in [4.69, 9.17) is 0 Å². The lowest BCUT2D eigenvalue weighted by molar-refractivity contribution is 0.0946. The molecule has 3 aromatic rings. The summed E-state index contributed by atoms with van der Waals surface area (Å²) in [7, 11) is 0. The SMILES string of the molecule is CCCCn1c(O)c2ccc(C(=O)N=NC(=O)c3ccc(C)cc3C)cc2c1O. The molecule has 0 aliphatic rings. The van der Waals surface area contributed by atoms with Gasteiger partial charge in [0.25, 0.3) is 11.8 Å². The Labute approximate surface area is 168 Å². The number of carbonyl (C=O) groups excluding carboxylic acids is 2. The summed E-state index contributed by atoms with van der Waals surface area (Å²) in [5, 5.41) is 28.6. The van der Waals surface area contributed by atoms with Gasteiger partial charge >= 0.3 is 0 Å². The van der Waals surface area contributed by atoms with Crippen molar-refractivity contribution < 1.29 is 19.8 Å². The second kappa shape index (κ2) is 8.26. The Morgan fingerprint density at radius 1 is 0.931 bits per heavy atom. The normalized spacial score (nSPS) is 11.4. The minimum atomic E-state index is -0.704. The summed E-state index contributed by atoms with van der Waals surface area (Å²) in [5.74, 6) is -1.45. The van der Waals surface area contributed by atoms with Gasteiger partial charge in [-0.3, -0.25) is 14.2 Å². The van der Waals surface area contributed by atoms with Crippen molar-refractivity contribution in [2.45, 2.75) is 40.2 Å². The fraction of sp³-hybridized carbons (Fsp3) is 0.273. The first-order valence-corrected chi connectivity index (χ1v) is 9.45. The van der Waals surface area contributed by atoms with Crippen LogP contribution in [0.2, 0.25) is 0 Å². The molecule has 0 radical (unpaired) electrons. The van der Waals surface area contributed by atoms with E-state index >= 15 is 0 Å². The molecule has 1 heterocycles. The van der Waals surface area contributed by atoms with Gasteiger partial charge < -0.3 is 10.2 Å². The van der Waals surface area contributed by atoms with Crippen molar-refractivity contribution in [3.05, 3.63) is 58.7 Å². The van der Waals surface area contributed by atoms with Gasteiger partial charge in [-0.1, -0.05) is 31.0 Å². The third kappa shape index (κ3) is 4.03. The fourth-order valence-corrected chi connectivity index (χ4v) is 3.23. The summed E-state index contributed by atoms with van der Waals surface area (Å²) in [6.45, 7) is 6.20. The molecule has 0 atom stereocenters. The second-order valence-electron chi connectivity index (χ2n) is 7.04. The Hall–Kier alpha value is -3.48. The average molecular weight is 393 g/mol. The number of hydrogen-bond acceptors (Lipinski definition) is 4. The highest BCUT2D eigenvalue weighted by atomic mass is 16.3. The molecule has 7 heteroatoms. The van der Waals surface area contributed by atoms with Crippen LogP contribution in [-0.2, 0) is 6.54 Å². The zero-order valence-electron chi connectivity index (χ0n) is 16.6. The molecule has 0 spiro atoms. The van der Waals surface area contributed by atoms with Crippen molar-refractivity contribution in [3.63, 3.8) is 0 Å². The number of aryl methyl sites for hydroxylation is 2. The van der Waals surface area contributed by atoms with Gasteiger partial charge in [0.1, 0.15) is 0 Å². The number of aromatic nitrogens is 1. The van der Waals surface area contributed by atoms with Crippen LogP contribution in [0.5, 0.6) is 11.8 Å². The molecule has 0 bridgehead atoms. The van der Waals surface area contributed by atoms with Gasteiger partial charge in [-0.25, -0.2) is 0 Å². The molecule has 0 aliphatic heterocycles. The molecule has 0 saturated heterocycles. The predicted octanol–water partition coefficient (Wildman–Crippen LogP) is 4.90. The number of nitrogens with zero attached hydrogens (tertiary/aromatic N) is 3. The van der Waals surface area contributed by atoms with Crippen LogP contribution in [0.4, 0.5) is 0 Å². The maximum Gasteiger partial charge on any atom is 0.295 e. The van der Waals surface area contributed by atoms with Gasteiger partial charge in [-0.05, 0) is 50.1 Å². The molecule has 0 unspecified atom stereocenters. The summed E-state index contributed by atoms with van der Waals surface area (Å²) >= 11 is 0. The minimum absolute atomic E-state index is 0.0448. The van der Waals surface area contributed by atoms with Crippen molar-refractivity contribution in [3.8, 4) is 11.8 Å². The summed E-state index contributed by atoms with van der Waals surface area (Å²) in [6.07, 6.45) is 1.70. The van der Waals surface area contributed by atoms with Gasteiger partial charge in [0.05, 0.1) is 0 Å². The monoisotopic (exact) mass is 393 g/mol. The minimum Gasteiger partial charge on any atom is -0.494 e. The first kappa shape index (κ1) is 20.3. The molecule has 0 aliphatic carbocycles. The first-order valence-electron chi connectivity index (χ1n) is 9.45. The Morgan fingerprint density at radius 2 is 1.62 bits per heavy atom. The van der Waals surface area contributed by atoms with Crippen LogP contribution < -0.4 is 0 Å². The van der Waals surface area contributed by atoms with E-state index in [9.17, 15) is 19.8 Å². The molecule has 2 aromatic carbocycles. The first-order chi connectivity index (χ1) is 13.8. The van der Waals surface area contributed by atoms with E-state index in [1.165, 1.54) is 16.7 Å². The Kier molecular flexibility index (Phi) is 5.77. The molecule has 3 rings (SSSR count). The van der Waals surface area contributed by atoms with Gasteiger partial charge in [-0.15, -0.1) is 10.2 Å². The summed E-state index contributed by atoms with van der Waals surface area (Å²) in [5.41, 5.74) is 2.33. The van der Waals surface area contributed by atoms with E-state index in [1.807, 2.05) is 19.9 Å².